The summed E-state index contributed by atoms with van der Waals surface area (Å²) in [5.41, 5.74) is 0. The number of aliphatic carboxylic acids is 1. The van der Waals surface area contributed by atoms with Crippen LogP contribution < -0.4 is 5.32 Å². The molecular weight excluding hydrogens is 246 g/mol. The van der Waals surface area contributed by atoms with Crippen molar-refractivity contribution in [3.05, 3.63) is 12.2 Å². The maximum atomic E-state index is 12.0. The highest BCUT2D eigenvalue weighted by molar-refractivity contribution is 5.85. The molecule has 5 nitrogen and oxygen atoms in total. The summed E-state index contributed by atoms with van der Waals surface area (Å²) in [4.78, 5) is 23.2. The van der Waals surface area contributed by atoms with Crippen LogP contribution in [0.4, 0.5) is 0 Å². The van der Waals surface area contributed by atoms with Crippen LogP contribution in [0.3, 0.4) is 0 Å². The van der Waals surface area contributed by atoms with Crippen LogP contribution in [0.2, 0.25) is 0 Å². The number of nitrogens with one attached hydrogen (secondary N) is 1. The van der Waals surface area contributed by atoms with Gasteiger partial charge in [-0.3, -0.25) is 9.59 Å². The van der Waals surface area contributed by atoms with E-state index in [9.17, 15) is 9.59 Å². The van der Waals surface area contributed by atoms with Crippen molar-refractivity contribution in [2.75, 3.05) is 13.2 Å². The number of carboxylic acid groups (broad SMARTS) is 1. The fourth-order valence-electron chi connectivity index (χ4n) is 2.74. The Hall–Kier alpha value is -1.36. The predicted molar refractivity (Wildman–Crippen MR) is 69.6 cm³/mol. The van der Waals surface area contributed by atoms with E-state index in [1.807, 2.05) is 12.2 Å². The molecular formula is C14H21NO4. The lowest BCUT2D eigenvalue weighted by Gasteiger charge is -2.24. The van der Waals surface area contributed by atoms with E-state index >= 15 is 0 Å². The molecule has 0 spiro atoms. The van der Waals surface area contributed by atoms with Gasteiger partial charge in [-0.15, -0.1) is 0 Å². The smallest absolute Gasteiger partial charge is 0.307 e. The summed E-state index contributed by atoms with van der Waals surface area (Å²) in [6.45, 7) is 1.38. The molecule has 0 aromatic rings. The van der Waals surface area contributed by atoms with Crippen molar-refractivity contribution in [3.8, 4) is 0 Å². The number of carbonyl (C=O) groups excluding carboxylic acids is 1. The average Bonchev–Trinajstić information content (AvgIpc) is 2.91. The zero-order valence-electron chi connectivity index (χ0n) is 11.0. The highest BCUT2D eigenvalue weighted by Crippen LogP contribution is 2.26. The van der Waals surface area contributed by atoms with Gasteiger partial charge in [0.1, 0.15) is 0 Å². The second-order valence-corrected chi connectivity index (χ2v) is 5.21. The largest absolute Gasteiger partial charge is 0.481 e. The van der Waals surface area contributed by atoms with Gasteiger partial charge in [0.05, 0.1) is 17.9 Å². The van der Waals surface area contributed by atoms with E-state index in [4.69, 9.17) is 9.84 Å². The number of hydrogen-bond donors (Lipinski definition) is 2. The molecule has 1 aliphatic heterocycles. The van der Waals surface area contributed by atoms with Gasteiger partial charge in [0.2, 0.25) is 5.91 Å². The normalized spacial score (nSPS) is 30.2. The van der Waals surface area contributed by atoms with Crippen molar-refractivity contribution >= 4 is 11.9 Å². The van der Waals surface area contributed by atoms with E-state index in [0.717, 1.165) is 25.9 Å². The number of carbonyl (C=O) groups is 2. The Balaban J connectivity index is 1.77. The quantitative estimate of drug-likeness (QED) is 0.737. The monoisotopic (exact) mass is 267 g/mol. The molecule has 0 radical (unpaired) electrons. The molecule has 0 aromatic heterocycles. The van der Waals surface area contributed by atoms with Gasteiger partial charge in [-0.25, -0.2) is 0 Å². The minimum Gasteiger partial charge on any atom is -0.481 e. The zero-order valence-corrected chi connectivity index (χ0v) is 11.0. The number of ether oxygens (including phenoxy) is 1. The van der Waals surface area contributed by atoms with Crippen LogP contribution in [0.1, 0.15) is 32.1 Å². The summed E-state index contributed by atoms with van der Waals surface area (Å²) in [7, 11) is 0. The van der Waals surface area contributed by atoms with Gasteiger partial charge in [-0.2, -0.15) is 0 Å². The van der Waals surface area contributed by atoms with Crippen molar-refractivity contribution in [2.45, 2.75) is 38.2 Å². The Morgan fingerprint density at radius 2 is 2.00 bits per heavy atom. The maximum Gasteiger partial charge on any atom is 0.307 e. The van der Waals surface area contributed by atoms with E-state index in [1.54, 1.807) is 0 Å². The Morgan fingerprint density at radius 1 is 1.26 bits per heavy atom. The lowest BCUT2D eigenvalue weighted by atomic mass is 9.82. The lowest BCUT2D eigenvalue weighted by molar-refractivity contribution is -0.147. The molecule has 5 heteroatoms. The van der Waals surface area contributed by atoms with Crippen molar-refractivity contribution in [2.24, 2.45) is 11.8 Å². The molecule has 1 saturated heterocycles. The van der Waals surface area contributed by atoms with Crippen LogP contribution in [-0.2, 0) is 14.3 Å². The van der Waals surface area contributed by atoms with E-state index in [1.165, 1.54) is 0 Å². The molecule has 2 aliphatic rings. The van der Waals surface area contributed by atoms with Gasteiger partial charge in [0.25, 0.3) is 0 Å². The van der Waals surface area contributed by atoms with Crippen molar-refractivity contribution in [3.63, 3.8) is 0 Å². The summed E-state index contributed by atoms with van der Waals surface area (Å²) >= 11 is 0. The van der Waals surface area contributed by atoms with Gasteiger partial charge in [0.15, 0.2) is 0 Å². The molecule has 2 N–H and O–H groups in total. The van der Waals surface area contributed by atoms with Crippen LogP contribution in [0.5, 0.6) is 0 Å². The van der Waals surface area contributed by atoms with Crippen LogP contribution >= 0.6 is 0 Å². The fourth-order valence-corrected chi connectivity index (χ4v) is 2.74. The van der Waals surface area contributed by atoms with Crippen molar-refractivity contribution in [1.82, 2.24) is 5.32 Å². The second-order valence-electron chi connectivity index (χ2n) is 5.21. The van der Waals surface area contributed by atoms with Crippen LogP contribution in [0.25, 0.3) is 0 Å². The third kappa shape index (κ3) is 3.80. The third-order valence-electron chi connectivity index (χ3n) is 3.88. The van der Waals surface area contributed by atoms with Gasteiger partial charge >= 0.3 is 5.97 Å². The Kier molecular flexibility index (Phi) is 4.96. The molecule has 3 atom stereocenters. The SMILES string of the molecule is O=C(O)C1CC=CCC1C(=O)NCCC1CCCO1. The predicted octanol–water partition coefficient (Wildman–Crippen LogP) is 1.34. The maximum absolute atomic E-state index is 12.0. The number of allylic oxidation sites excluding steroid dienone is 2. The number of rotatable bonds is 5. The summed E-state index contributed by atoms with van der Waals surface area (Å²) in [5, 5.41) is 12.0. The van der Waals surface area contributed by atoms with Crippen molar-refractivity contribution < 1.29 is 19.4 Å². The first-order valence-electron chi connectivity index (χ1n) is 6.95. The summed E-state index contributed by atoms with van der Waals surface area (Å²) in [5.74, 6) is -2.06. The minimum atomic E-state index is -0.886. The molecule has 19 heavy (non-hydrogen) atoms. The number of amides is 1. The number of hydrogen-bond acceptors (Lipinski definition) is 3. The van der Waals surface area contributed by atoms with E-state index in [2.05, 4.69) is 5.32 Å². The molecule has 1 amide bonds. The van der Waals surface area contributed by atoms with E-state index in [-0.39, 0.29) is 12.0 Å². The molecule has 1 heterocycles. The second kappa shape index (κ2) is 6.70. The van der Waals surface area contributed by atoms with Gasteiger partial charge < -0.3 is 15.2 Å². The molecule has 1 fully saturated rings. The van der Waals surface area contributed by atoms with Crippen LogP contribution in [0.15, 0.2) is 12.2 Å². The Bertz CT molecular complexity index is 360. The van der Waals surface area contributed by atoms with Crippen LogP contribution in [0, 0.1) is 11.8 Å². The lowest BCUT2D eigenvalue weighted by Crippen LogP contribution is -2.39. The topological polar surface area (TPSA) is 75.6 Å². The first kappa shape index (κ1) is 14.1. The Labute approximate surface area is 113 Å². The van der Waals surface area contributed by atoms with Gasteiger partial charge in [-0.1, -0.05) is 12.2 Å². The standard InChI is InChI=1S/C14H21NO4/c16-13(15-8-7-10-4-3-9-19-10)11-5-1-2-6-12(11)14(17)18/h1-2,10-12H,3-9H2,(H,15,16)(H,17,18). The summed E-state index contributed by atoms with van der Waals surface area (Å²) < 4.78 is 5.48. The van der Waals surface area contributed by atoms with Crippen LogP contribution in [-0.4, -0.2) is 36.2 Å². The first-order valence-corrected chi connectivity index (χ1v) is 6.95. The molecule has 0 saturated carbocycles. The average molecular weight is 267 g/mol. The van der Waals surface area contributed by atoms with Gasteiger partial charge in [-0.05, 0) is 32.1 Å². The zero-order chi connectivity index (χ0) is 13.7. The van der Waals surface area contributed by atoms with E-state index < -0.39 is 17.8 Å². The highest BCUT2D eigenvalue weighted by atomic mass is 16.5. The molecule has 1 aliphatic carbocycles. The molecule has 0 bridgehead atoms. The summed E-state index contributed by atoms with van der Waals surface area (Å²) in [6, 6.07) is 0. The molecule has 2 rings (SSSR count). The Morgan fingerprint density at radius 3 is 2.63 bits per heavy atom. The molecule has 106 valence electrons. The molecule has 0 aromatic carbocycles. The fraction of sp³-hybridized carbons (Fsp3) is 0.714. The van der Waals surface area contributed by atoms with E-state index in [0.29, 0.717) is 19.4 Å². The third-order valence-corrected chi connectivity index (χ3v) is 3.88. The minimum absolute atomic E-state index is 0.144. The van der Waals surface area contributed by atoms with Gasteiger partial charge in [0, 0.05) is 13.2 Å². The number of carboxylic acids is 1. The molecule has 3 unspecified atom stereocenters. The van der Waals surface area contributed by atoms with Crippen molar-refractivity contribution in [1.29, 1.82) is 0 Å². The first-order chi connectivity index (χ1) is 9.18. The summed E-state index contributed by atoms with van der Waals surface area (Å²) in [6.07, 6.45) is 7.90. The highest BCUT2D eigenvalue weighted by Gasteiger charge is 2.33.